The SMILES string of the molecule is COc1ccc(C(O)Cc2ccccc2)cc1F. The van der Waals surface area contributed by atoms with E-state index < -0.39 is 11.9 Å². The van der Waals surface area contributed by atoms with E-state index in [0.29, 0.717) is 12.0 Å². The van der Waals surface area contributed by atoms with Gasteiger partial charge in [0.1, 0.15) is 0 Å². The predicted octanol–water partition coefficient (Wildman–Crippen LogP) is 3.11. The smallest absolute Gasteiger partial charge is 0.165 e. The van der Waals surface area contributed by atoms with Gasteiger partial charge in [0.2, 0.25) is 0 Å². The lowest BCUT2D eigenvalue weighted by Crippen LogP contribution is -2.02. The second kappa shape index (κ2) is 5.65. The molecule has 94 valence electrons. The molecule has 0 aliphatic heterocycles. The third-order valence-electron chi connectivity index (χ3n) is 2.83. The Morgan fingerprint density at radius 2 is 1.89 bits per heavy atom. The van der Waals surface area contributed by atoms with Crippen molar-refractivity contribution < 1.29 is 14.2 Å². The minimum Gasteiger partial charge on any atom is -0.494 e. The number of rotatable bonds is 4. The van der Waals surface area contributed by atoms with Crippen molar-refractivity contribution in [3.05, 3.63) is 65.5 Å². The molecule has 0 bridgehead atoms. The van der Waals surface area contributed by atoms with Gasteiger partial charge in [0.25, 0.3) is 0 Å². The maximum absolute atomic E-state index is 13.5. The highest BCUT2D eigenvalue weighted by Crippen LogP contribution is 2.24. The summed E-state index contributed by atoms with van der Waals surface area (Å²) in [5.41, 5.74) is 1.57. The predicted molar refractivity (Wildman–Crippen MR) is 68.1 cm³/mol. The standard InChI is InChI=1S/C15H15FO2/c1-18-15-8-7-12(10-13(15)16)14(17)9-11-5-3-2-4-6-11/h2-8,10,14,17H,9H2,1H3. The van der Waals surface area contributed by atoms with Gasteiger partial charge in [-0.05, 0) is 23.3 Å². The Kier molecular flexibility index (Phi) is 3.95. The van der Waals surface area contributed by atoms with E-state index in [1.807, 2.05) is 30.3 Å². The molecule has 2 aromatic carbocycles. The van der Waals surface area contributed by atoms with Crippen molar-refractivity contribution in [1.29, 1.82) is 0 Å². The Morgan fingerprint density at radius 1 is 1.17 bits per heavy atom. The van der Waals surface area contributed by atoms with Gasteiger partial charge in [-0.3, -0.25) is 0 Å². The van der Waals surface area contributed by atoms with Gasteiger partial charge in [0, 0.05) is 6.42 Å². The van der Waals surface area contributed by atoms with Gasteiger partial charge in [-0.25, -0.2) is 4.39 Å². The summed E-state index contributed by atoms with van der Waals surface area (Å²) in [6.45, 7) is 0. The molecule has 0 saturated heterocycles. The zero-order valence-corrected chi connectivity index (χ0v) is 10.1. The van der Waals surface area contributed by atoms with Gasteiger partial charge in [-0.2, -0.15) is 0 Å². The van der Waals surface area contributed by atoms with Crippen molar-refractivity contribution >= 4 is 0 Å². The van der Waals surface area contributed by atoms with Crippen molar-refractivity contribution in [2.45, 2.75) is 12.5 Å². The second-order valence-electron chi connectivity index (χ2n) is 4.10. The van der Waals surface area contributed by atoms with Crippen LogP contribution in [0, 0.1) is 5.82 Å². The van der Waals surface area contributed by atoms with Gasteiger partial charge in [0.15, 0.2) is 11.6 Å². The Hall–Kier alpha value is -1.87. The molecule has 0 aliphatic carbocycles. The first-order valence-corrected chi connectivity index (χ1v) is 5.76. The van der Waals surface area contributed by atoms with Gasteiger partial charge < -0.3 is 9.84 Å². The van der Waals surface area contributed by atoms with Gasteiger partial charge in [-0.15, -0.1) is 0 Å². The fourth-order valence-corrected chi connectivity index (χ4v) is 1.85. The average Bonchev–Trinajstić information content (AvgIpc) is 2.39. The third kappa shape index (κ3) is 2.87. The molecule has 18 heavy (non-hydrogen) atoms. The molecule has 3 heteroatoms. The summed E-state index contributed by atoms with van der Waals surface area (Å²) in [6, 6.07) is 14.1. The van der Waals surface area contributed by atoms with E-state index in [-0.39, 0.29) is 5.75 Å². The molecule has 0 amide bonds. The monoisotopic (exact) mass is 246 g/mol. The van der Waals surface area contributed by atoms with Crippen molar-refractivity contribution in [3.63, 3.8) is 0 Å². The second-order valence-corrected chi connectivity index (χ2v) is 4.10. The molecule has 1 unspecified atom stereocenters. The van der Waals surface area contributed by atoms with Crippen LogP contribution in [0.15, 0.2) is 48.5 Å². The van der Waals surface area contributed by atoms with Gasteiger partial charge in [-0.1, -0.05) is 36.4 Å². The lowest BCUT2D eigenvalue weighted by molar-refractivity contribution is 0.178. The van der Waals surface area contributed by atoms with Crippen LogP contribution < -0.4 is 4.74 Å². The molecule has 2 nitrogen and oxygen atoms in total. The van der Waals surface area contributed by atoms with Crippen molar-refractivity contribution in [2.75, 3.05) is 7.11 Å². The van der Waals surface area contributed by atoms with E-state index in [1.165, 1.54) is 19.2 Å². The molecule has 1 atom stereocenters. The van der Waals surface area contributed by atoms with E-state index in [9.17, 15) is 9.50 Å². The topological polar surface area (TPSA) is 29.5 Å². The van der Waals surface area contributed by atoms with Crippen LogP contribution in [0.5, 0.6) is 5.75 Å². The summed E-state index contributed by atoms with van der Waals surface area (Å²) in [5, 5.41) is 10.1. The van der Waals surface area contributed by atoms with Crippen molar-refractivity contribution in [1.82, 2.24) is 0 Å². The molecule has 2 rings (SSSR count). The zero-order chi connectivity index (χ0) is 13.0. The first-order chi connectivity index (χ1) is 8.70. The number of methoxy groups -OCH3 is 1. The number of aliphatic hydroxyl groups is 1. The van der Waals surface area contributed by atoms with Crippen LogP contribution in [-0.2, 0) is 6.42 Å². The molecular weight excluding hydrogens is 231 g/mol. The minimum atomic E-state index is -0.715. The Labute approximate surface area is 106 Å². The fraction of sp³-hybridized carbons (Fsp3) is 0.200. The summed E-state index contributed by atoms with van der Waals surface area (Å²) < 4.78 is 18.4. The average molecular weight is 246 g/mol. The summed E-state index contributed by atoms with van der Waals surface area (Å²) >= 11 is 0. The maximum Gasteiger partial charge on any atom is 0.165 e. The van der Waals surface area contributed by atoms with E-state index in [0.717, 1.165) is 5.56 Å². The van der Waals surface area contributed by atoms with Crippen LogP contribution in [0.2, 0.25) is 0 Å². The number of benzene rings is 2. The number of hydrogen-bond donors (Lipinski definition) is 1. The largest absolute Gasteiger partial charge is 0.494 e. The van der Waals surface area contributed by atoms with Crippen molar-refractivity contribution in [2.24, 2.45) is 0 Å². The highest BCUT2D eigenvalue weighted by Gasteiger charge is 2.11. The summed E-state index contributed by atoms with van der Waals surface area (Å²) in [7, 11) is 1.42. The molecule has 0 spiro atoms. The molecule has 0 fully saturated rings. The van der Waals surface area contributed by atoms with Crippen LogP contribution in [0.3, 0.4) is 0 Å². The van der Waals surface area contributed by atoms with Crippen LogP contribution in [0.1, 0.15) is 17.2 Å². The lowest BCUT2D eigenvalue weighted by atomic mass is 10.0. The molecule has 0 aliphatic rings. The third-order valence-corrected chi connectivity index (χ3v) is 2.83. The highest BCUT2D eigenvalue weighted by molar-refractivity contribution is 5.31. The lowest BCUT2D eigenvalue weighted by Gasteiger charge is -2.12. The van der Waals surface area contributed by atoms with Gasteiger partial charge in [0.05, 0.1) is 13.2 Å². The Balaban J connectivity index is 2.14. The molecule has 0 radical (unpaired) electrons. The highest BCUT2D eigenvalue weighted by atomic mass is 19.1. The van der Waals surface area contributed by atoms with Crippen LogP contribution in [0.25, 0.3) is 0 Å². The molecule has 0 saturated carbocycles. The van der Waals surface area contributed by atoms with E-state index in [4.69, 9.17) is 4.74 Å². The quantitative estimate of drug-likeness (QED) is 0.898. The summed E-state index contributed by atoms with van der Waals surface area (Å²) in [6.07, 6.45) is -0.250. The first kappa shape index (κ1) is 12.6. The van der Waals surface area contributed by atoms with Crippen molar-refractivity contribution in [3.8, 4) is 5.75 Å². The maximum atomic E-state index is 13.5. The number of aliphatic hydroxyl groups excluding tert-OH is 1. The minimum absolute atomic E-state index is 0.186. The normalized spacial score (nSPS) is 12.2. The van der Waals surface area contributed by atoms with E-state index in [2.05, 4.69) is 0 Å². The van der Waals surface area contributed by atoms with E-state index >= 15 is 0 Å². The molecule has 1 N–H and O–H groups in total. The Morgan fingerprint density at radius 3 is 2.50 bits per heavy atom. The van der Waals surface area contributed by atoms with E-state index in [1.54, 1.807) is 6.07 Å². The van der Waals surface area contributed by atoms with Gasteiger partial charge >= 0.3 is 0 Å². The number of hydrogen-bond acceptors (Lipinski definition) is 2. The zero-order valence-electron chi connectivity index (χ0n) is 10.1. The van der Waals surface area contributed by atoms with Crippen LogP contribution in [-0.4, -0.2) is 12.2 Å². The molecule has 2 aromatic rings. The first-order valence-electron chi connectivity index (χ1n) is 5.76. The number of halogens is 1. The van der Waals surface area contributed by atoms with Crippen LogP contribution >= 0.6 is 0 Å². The molecule has 0 heterocycles. The summed E-state index contributed by atoms with van der Waals surface area (Å²) in [5.74, 6) is -0.271. The molecular formula is C15H15FO2. The summed E-state index contributed by atoms with van der Waals surface area (Å²) in [4.78, 5) is 0. The fourth-order valence-electron chi connectivity index (χ4n) is 1.85. The Bertz CT molecular complexity index is 511. The van der Waals surface area contributed by atoms with Crippen LogP contribution in [0.4, 0.5) is 4.39 Å². The number of ether oxygens (including phenoxy) is 1. The molecule has 0 aromatic heterocycles.